The van der Waals surface area contributed by atoms with Crippen LogP contribution in [0.2, 0.25) is 0 Å². The summed E-state index contributed by atoms with van der Waals surface area (Å²) in [5, 5.41) is -0.431. The van der Waals surface area contributed by atoms with Gasteiger partial charge in [0.1, 0.15) is 0 Å². The SMILES string of the molecule is CC(C)(C)C1=CC2C(C=C1)Cc1ccc(C(C)(C)C)cc1S2(=O)=O.CC(C)(C)C1=CC2Cc3cc(C(C)(C)C)ccc3C2C=C1. The Kier molecular flexibility index (Phi) is 8.43. The van der Waals surface area contributed by atoms with Gasteiger partial charge in [-0.05, 0) is 85.4 Å². The van der Waals surface area contributed by atoms with Gasteiger partial charge in [0, 0.05) is 11.8 Å². The van der Waals surface area contributed by atoms with Crippen LogP contribution in [0.15, 0.2) is 88.9 Å². The van der Waals surface area contributed by atoms with Crippen molar-refractivity contribution in [1.82, 2.24) is 0 Å². The number of hydrogen-bond acceptors (Lipinski definition) is 2. The zero-order valence-corrected chi connectivity index (χ0v) is 30.7. The lowest BCUT2D eigenvalue weighted by Crippen LogP contribution is -2.36. The van der Waals surface area contributed by atoms with Gasteiger partial charge in [0.2, 0.25) is 0 Å². The van der Waals surface area contributed by atoms with Crippen LogP contribution in [0.4, 0.5) is 0 Å². The van der Waals surface area contributed by atoms with Gasteiger partial charge in [-0.2, -0.15) is 0 Å². The Morgan fingerprint density at radius 2 is 1.11 bits per heavy atom. The fourth-order valence-corrected chi connectivity index (χ4v) is 9.21. The number of rotatable bonds is 0. The largest absolute Gasteiger partial charge is 0.223 e. The summed E-state index contributed by atoms with van der Waals surface area (Å²) in [6.45, 7) is 26.6. The van der Waals surface area contributed by atoms with E-state index in [4.69, 9.17) is 0 Å². The molecule has 0 fully saturated rings. The van der Waals surface area contributed by atoms with Crippen molar-refractivity contribution in [3.05, 3.63) is 112 Å². The lowest BCUT2D eigenvalue weighted by molar-refractivity contribution is 0.494. The number of hydrogen-bond donors (Lipinski definition) is 0. The summed E-state index contributed by atoms with van der Waals surface area (Å²) < 4.78 is 26.6. The second kappa shape index (κ2) is 11.3. The molecule has 0 bridgehead atoms. The maximum Gasteiger partial charge on any atom is 0.185 e. The summed E-state index contributed by atoms with van der Waals surface area (Å²) >= 11 is 0. The van der Waals surface area contributed by atoms with E-state index in [0.717, 1.165) is 23.1 Å². The third kappa shape index (κ3) is 6.76. The van der Waals surface area contributed by atoms with Crippen LogP contribution in [0.25, 0.3) is 0 Å². The molecule has 6 rings (SSSR count). The van der Waals surface area contributed by atoms with Gasteiger partial charge < -0.3 is 0 Å². The molecular formula is C42H56O2S. The molecule has 2 aromatic carbocycles. The molecule has 4 aliphatic rings. The lowest BCUT2D eigenvalue weighted by atomic mass is 9.77. The Morgan fingerprint density at radius 3 is 1.71 bits per heavy atom. The van der Waals surface area contributed by atoms with Crippen molar-refractivity contribution in [2.45, 2.75) is 123 Å². The van der Waals surface area contributed by atoms with Gasteiger partial charge in [-0.15, -0.1) is 0 Å². The molecule has 2 aromatic rings. The van der Waals surface area contributed by atoms with Crippen molar-refractivity contribution < 1.29 is 8.42 Å². The Balaban J connectivity index is 0.000000179. The second-order valence-corrected chi connectivity index (χ2v) is 20.0. The monoisotopic (exact) mass is 624 g/mol. The van der Waals surface area contributed by atoms with Crippen LogP contribution in [0, 0.1) is 22.7 Å². The molecule has 242 valence electrons. The molecule has 45 heavy (non-hydrogen) atoms. The maximum atomic E-state index is 13.3. The van der Waals surface area contributed by atoms with Crippen molar-refractivity contribution in [3.8, 4) is 0 Å². The van der Waals surface area contributed by atoms with E-state index in [-0.39, 0.29) is 27.6 Å². The Labute approximate surface area is 274 Å². The van der Waals surface area contributed by atoms with Crippen LogP contribution < -0.4 is 0 Å². The van der Waals surface area contributed by atoms with Gasteiger partial charge in [-0.3, -0.25) is 0 Å². The minimum absolute atomic E-state index is 0.0372. The molecule has 1 aliphatic heterocycles. The highest BCUT2D eigenvalue weighted by atomic mass is 32.2. The second-order valence-electron chi connectivity index (χ2n) is 18.0. The molecule has 4 unspecified atom stereocenters. The predicted molar refractivity (Wildman–Crippen MR) is 192 cm³/mol. The number of benzene rings is 2. The smallest absolute Gasteiger partial charge is 0.185 e. The van der Waals surface area contributed by atoms with Crippen LogP contribution in [0.1, 0.15) is 117 Å². The molecule has 0 saturated heterocycles. The van der Waals surface area contributed by atoms with Crippen LogP contribution >= 0.6 is 0 Å². The highest BCUT2D eigenvalue weighted by Crippen LogP contribution is 2.46. The Bertz CT molecular complexity index is 1700. The van der Waals surface area contributed by atoms with E-state index in [0.29, 0.717) is 16.7 Å². The number of allylic oxidation sites excluding steroid dienone is 7. The fourth-order valence-electron chi connectivity index (χ4n) is 7.14. The molecule has 1 heterocycles. The molecule has 0 spiro atoms. The van der Waals surface area contributed by atoms with Gasteiger partial charge in [0.15, 0.2) is 9.84 Å². The molecule has 2 nitrogen and oxygen atoms in total. The van der Waals surface area contributed by atoms with Crippen molar-refractivity contribution in [2.75, 3.05) is 0 Å². The highest BCUT2D eigenvalue weighted by molar-refractivity contribution is 7.92. The first-order valence-corrected chi connectivity index (χ1v) is 18.4. The summed E-state index contributed by atoms with van der Waals surface area (Å²) in [5.41, 5.74) is 9.63. The van der Waals surface area contributed by atoms with E-state index in [2.05, 4.69) is 138 Å². The third-order valence-electron chi connectivity index (χ3n) is 10.2. The first-order chi connectivity index (χ1) is 20.6. The molecular weight excluding hydrogens is 569 g/mol. The Morgan fingerprint density at radius 1 is 0.578 bits per heavy atom. The molecule has 3 aliphatic carbocycles. The molecule has 0 saturated carbocycles. The maximum absolute atomic E-state index is 13.3. The minimum Gasteiger partial charge on any atom is -0.223 e. The van der Waals surface area contributed by atoms with Gasteiger partial charge in [-0.25, -0.2) is 8.42 Å². The predicted octanol–water partition coefficient (Wildman–Crippen LogP) is 10.6. The van der Waals surface area contributed by atoms with E-state index >= 15 is 0 Å². The van der Waals surface area contributed by atoms with E-state index < -0.39 is 15.1 Å². The summed E-state index contributed by atoms with van der Waals surface area (Å²) in [7, 11) is -3.35. The van der Waals surface area contributed by atoms with E-state index in [1.165, 1.54) is 17.6 Å². The molecule has 0 amide bonds. The summed E-state index contributed by atoms with van der Waals surface area (Å²) in [4.78, 5) is 0.538. The van der Waals surface area contributed by atoms with Crippen molar-refractivity contribution in [1.29, 1.82) is 0 Å². The topological polar surface area (TPSA) is 34.1 Å². The van der Waals surface area contributed by atoms with E-state index in [1.807, 2.05) is 18.2 Å². The molecule has 0 N–H and O–H groups in total. The van der Waals surface area contributed by atoms with Crippen LogP contribution in [-0.2, 0) is 33.5 Å². The van der Waals surface area contributed by atoms with Crippen LogP contribution in [-0.4, -0.2) is 13.7 Å². The quantitative estimate of drug-likeness (QED) is 0.292. The van der Waals surface area contributed by atoms with Gasteiger partial charge in [-0.1, -0.05) is 150 Å². The van der Waals surface area contributed by atoms with Crippen molar-refractivity contribution in [3.63, 3.8) is 0 Å². The van der Waals surface area contributed by atoms with Crippen LogP contribution in [0.5, 0.6) is 0 Å². The summed E-state index contributed by atoms with van der Waals surface area (Å²) in [6, 6.07) is 13.2. The molecule has 3 heteroatoms. The number of sulfone groups is 1. The van der Waals surface area contributed by atoms with Crippen molar-refractivity contribution in [2.24, 2.45) is 22.7 Å². The summed E-state index contributed by atoms with van der Waals surface area (Å²) in [6.07, 6.45) is 15.5. The highest BCUT2D eigenvalue weighted by Gasteiger charge is 2.41. The fraction of sp³-hybridized carbons (Fsp3) is 0.524. The van der Waals surface area contributed by atoms with Crippen LogP contribution in [0.3, 0.4) is 0 Å². The first-order valence-electron chi connectivity index (χ1n) is 16.9. The molecule has 0 radical (unpaired) electrons. The van der Waals surface area contributed by atoms with E-state index in [1.54, 1.807) is 11.1 Å². The summed E-state index contributed by atoms with van der Waals surface area (Å²) in [5.74, 6) is 1.31. The van der Waals surface area contributed by atoms with Gasteiger partial charge >= 0.3 is 0 Å². The van der Waals surface area contributed by atoms with Gasteiger partial charge in [0.05, 0.1) is 10.1 Å². The average Bonchev–Trinajstić information content (AvgIpc) is 3.28. The Hall–Kier alpha value is -2.65. The third-order valence-corrected chi connectivity index (χ3v) is 12.4. The van der Waals surface area contributed by atoms with E-state index in [9.17, 15) is 8.42 Å². The van der Waals surface area contributed by atoms with Crippen molar-refractivity contribution >= 4 is 9.84 Å². The number of fused-ring (bicyclic) bond motifs is 5. The zero-order valence-electron chi connectivity index (χ0n) is 29.9. The molecule has 0 aromatic heterocycles. The lowest BCUT2D eigenvalue weighted by Gasteiger charge is -2.35. The first kappa shape index (κ1) is 33.7. The minimum atomic E-state index is -3.35. The standard InChI is InChI=1S/C21H28O2S.C21H28/c1-20(2,3)16-9-7-14-11-15-8-10-17(21(4,5)6)13-19(15)24(22,23)18(14)12-16;1-20(2,3)16-7-9-18-14(12-16)11-15-13-17(21(4,5)6)8-10-19(15)18/h7-10,12-14,18H,11H2,1-6H3;7-10,12-14,18H,11H2,1-6H3. The molecule has 4 atom stereocenters. The van der Waals surface area contributed by atoms with Gasteiger partial charge in [0.25, 0.3) is 0 Å². The average molecular weight is 625 g/mol. The zero-order chi connectivity index (χ0) is 33.3. The normalized spacial score (nSPS) is 25.2.